The van der Waals surface area contributed by atoms with Crippen molar-refractivity contribution >= 4 is 11.6 Å². The quantitative estimate of drug-likeness (QED) is 0.808. The average Bonchev–Trinajstić information content (AvgIpc) is 2.46. The van der Waals surface area contributed by atoms with E-state index >= 15 is 0 Å². The lowest BCUT2D eigenvalue weighted by molar-refractivity contribution is 0.318. The number of hydrogen-bond donors (Lipinski definition) is 2. The number of nitrogens with one attached hydrogen (secondary N) is 2. The number of nitrogens with zero attached hydrogens (tertiary/aromatic N) is 1. The van der Waals surface area contributed by atoms with Crippen LogP contribution in [0.2, 0.25) is 0 Å². The maximum Gasteiger partial charge on any atom is 0.168 e. The van der Waals surface area contributed by atoms with Crippen molar-refractivity contribution in [2.75, 3.05) is 17.2 Å². The van der Waals surface area contributed by atoms with E-state index in [0.29, 0.717) is 6.54 Å². The van der Waals surface area contributed by atoms with Gasteiger partial charge in [0.1, 0.15) is 0 Å². The van der Waals surface area contributed by atoms with E-state index in [4.69, 9.17) is 0 Å². The molecular weight excluding hydrogens is 272 g/mol. The highest BCUT2D eigenvalue weighted by Crippen LogP contribution is 2.30. The van der Waals surface area contributed by atoms with Crippen LogP contribution in [0.4, 0.5) is 20.4 Å². The molecule has 0 aromatic carbocycles. The molecule has 0 unspecified atom stereocenters. The Kier molecular flexibility index (Phi) is 5.76. The first-order valence-electron chi connectivity index (χ1n) is 8.00. The van der Waals surface area contributed by atoms with Gasteiger partial charge in [-0.05, 0) is 38.5 Å². The van der Waals surface area contributed by atoms with Crippen LogP contribution < -0.4 is 10.6 Å². The molecule has 1 aliphatic rings. The van der Waals surface area contributed by atoms with Crippen molar-refractivity contribution in [2.24, 2.45) is 5.92 Å². The first-order chi connectivity index (χ1) is 10.1. The van der Waals surface area contributed by atoms with Gasteiger partial charge in [0, 0.05) is 18.7 Å². The van der Waals surface area contributed by atoms with Crippen LogP contribution >= 0.6 is 0 Å². The summed E-state index contributed by atoms with van der Waals surface area (Å²) in [7, 11) is 0. The van der Waals surface area contributed by atoms with Gasteiger partial charge < -0.3 is 10.6 Å². The third-order valence-corrected chi connectivity index (χ3v) is 4.16. The van der Waals surface area contributed by atoms with Crippen LogP contribution in [0.1, 0.15) is 52.4 Å². The van der Waals surface area contributed by atoms with Crippen molar-refractivity contribution in [3.63, 3.8) is 0 Å². The zero-order valence-corrected chi connectivity index (χ0v) is 12.9. The van der Waals surface area contributed by atoms with Crippen LogP contribution in [0.3, 0.4) is 0 Å². The van der Waals surface area contributed by atoms with Crippen LogP contribution in [0, 0.1) is 17.6 Å². The second kappa shape index (κ2) is 7.57. The van der Waals surface area contributed by atoms with Gasteiger partial charge in [-0.2, -0.15) is 0 Å². The number of rotatable bonds is 6. The Labute approximate surface area is 125 Å². The Morgan fingerprint density at radius 3 is 2.38 bits per heavy atom. The molecule has 0 radical (unpaired) electrons. The highest BCUT2D eigenvalue weighted by atomic mass is 19.1. The molecule has 1 aliphatic carbocycles. The molecule has 1 heterocycles. The Hall–Kier alpha value is -1.39. The topological polar surface area (TPSA) is 37.0 Å². The molecule has 1 fully saturated rings. The van der Waals surface area contributed by atoms with Gasteiger partial charge in [-0.3, -0.25) is 0 Å². The van der Waals surface area contributed by atoms with Crippen LogP contribution in [-0.4, -0.2) is 17.6 Å². The molecule has 0 saturated heterocycles. The number of halogens is 2. The summed E-state index contributed by atoms with van der Waals surface area (Å²) in [6.45, 7) is 4.62. The van der Waals surface area contributed by atoms with E-state index in [2.05, 4.69) is 22.5 Å². The first kappa shape index (κ1) is 16.0. The highest BCUT2D eigenvalue weighted by Gasteiger charge is 2.22. The third-order valence-electron chi connectivity index (χ3n) is 4.16. The van der Waals surface area contributed by atoms with Gasteiger partial charge in [0.15, 0.2) is 23.3 Å². The van der Waals surface area contributed by atoms with Crippen molar-refractivity contribution in [1.29, 1.82) is 0 Å². The third kappa shape index (κ3) is 4.29. The van der Waals surface area contributed by atoms with Gasteiger partial charge in [0.2, 0.25) is 0 Å². The first-order valence-corrected chi connectivity index (χ1v) is 8.00. The van der Waals surface area contributed by atoms with Crippen molar-refractivity contribution in [3.05, 3.63) is 17.7 Å². The zero-order chi connectivity index (χ0) is 15.2. The lowest BCUT2D eigenvalue weighted by Crippen LogP contribution is -2.27. The molecule has 1 saturated carbocycles. The monoisotopic (exact) mass is 297 g/mol. The van der Waals surface area contributed by atoms with Gasteiger partial charge in [0.25, 0.3) is 0 Å². The second-order valence-electron chi connectivity index (χ2n) is 5.83. The molecule has 5 heteroatoms. The highest BCUT2D eigenvalue weighted by molar-refractivity contribution is 5.48. The van der Waals surface area contributed by atoms with Gasteiger partial charge >= 0.3 is 0 Å². The fraction of sp³-hybridized carbons (Fsp3) is 0.688. The summed E-state index contributed by atoms with van der Waals surface area (Å²) in [4.78, 5) is 4.04. The number of pyridine rings is 1. The maximum absolute atomic E-state index is 13.8. The molecule has 118 valence electrons. The second-order valence-corrected chi connectivity index (χ2v) is 5.83. The minimum atomic E-state index is -0.647. The summed E-state index contributed by atoms with van der Waals surface area (Å²) in [5.74, 6) is -0.194. The summed E-state index contributed by atoms with van der Waals surface area (Å²) < 4.78 is 27.4. The molecule has 1 aromatic rings. The lowest BCUT2D eigenvalue weighted by atomic mass is 9.83. The van der Waals surface area contributed by atoms with E-state index in [1.807, 2.05) is 6.92 Å². The van der Waals surface area contributed by atoms with Crippen LogP contribution in [-0.2, 0) is 0 Å². The minimum Gasteiger partial charge on any atom is -0.368 e. The van der Waals surface area contributed by atoms with E-state index in [0.717, 1.165) is 24.8 Å². The zero-order valence-electron chi connectivity index (χ0n) is 12.9. The van der Waals surface area contributed by atoms with E-state index in [9.17, 15) is 8.78 Å². The molecule has 21 heavy (non-hydrogen) atoms. The number of anilines is 2. The summed E-state index contributed by atoms with van der Waals surface area (Å²) in [5.41, 5.74) is 0. The molecule has 0 amide bonds. The van der Waals surface area contributed by atoms with Crippen LogP contribution in [0.15, 0.2) is 6.07 Å². The van der Waals surface area contributed by atoms with E-state index in [1.165, 1.54) is 25.7 Å². The summed E-state index contributed by atoms with van der Waals surface area (Å²) in [5, 5.41) is 5.96. The van der Waals surface area contributed by atoms with E-state index in [-0.39, 0.29) is 17.7 Å². The molecule has 1 aromatic heterocycles. The van der Waals surface area contributed by atoms with E-state index < -0.39 is 11.6 Å². The predicted octanol–water partition coefficient (Wildman–Crippen LogP) is 4.56. The molecule has 0 atom stereocenters. The van der Waals surface area contributed by atoms with Crippen molar-refractivity contribution < 1.29 is 8.78 Å². The minimum absolute atomic E-state index is 0.112. The molecule has 0 bridgehead atoms. The molecule has 0 spiro atoms. The largest absolute Gasteiger partial charge is 0.368 e. The SMILES string of the molecule is CCCC1CCC(Nc2nc(NCC)c(F)cc2F)CC1. The predicted molar refractivity (Wildman–Crippen MR) is 82.6 cm³/mol. The standard InChI is InChI=1S/C16H25F2N3/c1-3-5-11-6-8-12(9-7-11)20-16-14(18)10-13(17)15(21-16)19-4-2/h10-12H,3-9H2,1-2H3,(H2,19,20,21). The average molecular weight is 297 g/mol. The number of aromatic nitrogens is 1. The Balaban J connectivity index is 1.98. The lowest BCUT2D eigenvalue weighted by Gasteiger charge is -2.29. The van der Waals surface area contributed by atoms with Crippen molar-refractivity contribution in [1.82, 2.24) is 4.98 Å². The smallest absolute Gasteiger partial charge is 0.168 e. The van der Waals surface area contributed by atoms with Gasteiger partial charge in [-0.15, -0.1) is 0 Å². The Morgan fingerprint density at radius 1 is 1.10 bits per heavy atom. The Morgan fingerprint density at radius 2 is 1.76 bits per heavy atom. The van der Waals surface area contributed by atoms with Gasteiger partial charge in [-0.1, -0.05) is 19.8 Å². The molecule has 3 nitrogen and oxygen atoms in total. The number of hydrogen-bond acceptors (Lipinski definition) is 3. The van der Waals surface area contributed by atoms with Gasteiger partial charge in [0.05, 0.1) is 0 Å². The molecule has 2 rings (SSSR count). The van der Waals surface area contributed by atoms with Gasteiger partial charge in [-0.25, -0.2) is 13.8 Å². The summed E-state index contributed by atoms with van der Waals surface area (Å²) in [6.07, 6.45) is 6.91. The Bertz CT molecular complexity index is 457. The molecule has 0 aliphatic heterocycles. The van der Waals surface area contributed by atoms with E-state index in [1.54, 1.807) is 0 Å². The summed E-state index contributed by atoms with van der Waals surface area (Å²) in [6, 6.07) is 1.14. The van der Waals surface area contributed by atoms with Crippen molar-refractivity contribution in [3.8, 4) is 0 Å². The fourth-order valence-corrected chi connectivity index (χ4v) is 3.06. The molecular formula is C16H25F2N3. The summed E-state index contributed by atoms with van der Waals surface area (Å²) >= 11 is 0. The van der Waals surface area contributed by atoms with Crippen LogP contribution in [0.25, 0.3) is 0 Å². The normalized spacial score (nSPS) is 22.1. The maximum atomic E-state index is 13.8. The van der Waals surface area contributed by atoms with Crippen LogP contribution in [0.5, 0.6) is 0 Å². The van der Waals surface area contributed by atoms with Crippen molar-refractivity contribution in [2.45, 2.75) is 58.4 Å². The fourth-order valence-electron chi connectivity index (χ4n) is 3.06. The molecule has 2 N–H and O–H groups in total.